The predicted octanol–water partition coefficient (Wildman–Crippen LogP) is 20.8. The third-order valence-corrected chi connectivity index (χ3v) is 20.0. The summed E-state index contributed by atoms with van der Waals surface area (Å²) in [6, 6.07) is 33.1. The molecule has 120 heavy (non-hydrogen) atoms. The molecule has 6 aromatic heterocycles. The molecule has 0 unspecified atom stereocenters. The van der Waals surface area contributed by atoms with Gasteiger partial charge in [-0.15, -0.1) is 0 Å². The van der Waals surface area contributed by atoms with Crippen LogP contribution >= 0.6 is 23.2 Å². The first-order chi connectivity index (χ1) is 57.6. The van der Waals surface area contributed by atoms with Gasteiger partial charge in [-0.05, 0) is 260 Å². The monoisotopic (exact) mass is 1690 g/mol. The van der Waals surface area contributed by atoms with E-state index in [-0.39, 0.29) is 22.9 Å². The zero-order valence-corrected chi connectivity index (χ0v) is 74.3. The smallest absolute Gasteiger partial charge is 0.417 e. The Morgan fingerprint density at radius 3 is 1.00 bits per heavy atom. The van der Waals surface area contributed by atoms with E-state index >= 15 is 0 Å². The van der Waals surface area contributed by atoms with Gasteiger partial charge in [0.05, 0.1) is 105 Å². The number of hydrogen-bond acceptors (Lipinski definition) is 16. The molecule has 0 bridgehead atoms. The third kappa shape index (κ3) is 29.3. The summed E-state index contributed by atoms with van der Waals surface area (Å²) in [5, 5.41) is 43.7. The van der Waals surface area contributed by atoms with Gasteiger partial charge in [0.2, 0.25) is 0 Å². The van der Waals surface area contributed by atoms with E-state index in [2.05, 4.69) is 187 Å². The van der Waals surface area contributed by atoms with Gasteiger partial charge in [0.15, 0.2) is 0 Å². The molecular formula is C91H121Cl2F5N18O4. The number of benzene rings is 6. The second-order valence-corrected chi connectivity index (χ2v) is 30.7. The van der Waals surface area contributed by atoms with Gasteiger partial charge in [-0.1, -0.05) is 64.7 Å². The fourth-order valence-electron chi connectivity index (χ4n) is 13.9. The summed E-state index contributed by atoms with van der Waals surface area (Å²) in [5.74, 6) is 2.21. The van der Waals surface area contributed by atoms with Gasteiger partial charge < -0.3 is 48.3 Å². The molecule has 6 aromatic carbocycles. The van der Waals surface area contributed by atoms with Crippen molar-refractivity contribution in [3.05, 3.63) is 224 Å². The Morgan fingerprint density at radius 2 is 0.642 bits per heavy atom. The predicted molar refractivity (Wildman–Crippen MR) is 475 cm³/mol. The van der Waals surface area contributed by atoms with E-state index in [4.69, 9.17) is 42.1 Å². The van der Waals surface area contributed by atoms with Crippen molar-refractivity contribution >= 4 is 23.2 Å². The fourth-order valence-corrected chi connectivity index (χ4v) is 14.2. The maximum absolute atomic E-state index is 13.9. The molecule has 0 aliphatic carbocycles. The standard InChI is InChI=1S/C16H20F3N3O.C16H23N3O.C15H20ClN3O.C15H20FN3.C15H21N3O.C14H17ClFN3/c1-4-7-22(2)10-11-9-20-21-15(11)13-6-5-12(23-3)8-14(13)16(17,18)19;1-5-8-19(3)11-13-10-17-18-16(13)15-7-6-14(20-4)9-12(15)2;1-4-7-19(2)10-11-9-17-18-15(11)13-8-12(16)5-6-14(13)20-3;1-4-7-19(3)10-12-9-17-18-15(12)14-6-5-13(16)8-11(14)2;1-4-9-18(2)11-13-10-16-17-15(13)12-5-7-14(19-3)8-6-12;1-3-6-19(2)9-10-8-17-18-14(10)12-7-11(15)4-5-13(12)16/h5-6,8-9H,4,7,10H2,1-3H3,(H,20,21);6-7,9-10H,5,8,11H2,1-4H3,(H,17,18);5-6,8-9H,4,7,10H2,1-3H3,(H,17,18);5-6,8-9H,4,7,10H2,1-3H3,(H,17,18);5-8,10H,4,9,11H2,1-3H3,(H,16,17);4-5,7-8H,3,6,9H2,1-2H3,(H,17,18). The summed E-state index contributed by atoms with van der Waals surface area (Å²) in [4.78, 5) is 13.4. The SMILES string of the molecule is CCCN(C)Cc1cn[nH]c1-c1cc(Cl)ccc1F.CCCN(C)Cc1cn[nH]c1-c1cc(Cl)ccc1OC.CCCN(C)Cc1cn[nH]c1-c1ccc(F)cc1C.CCCN(C)Cc1cn[nH]c1-c1ccc(OC)cc1.CCCN(C)Cc1cn[nH]c1-c1ccc(OC)cc1C.CCCN(C)Cc1cn[nH]c1-c1ccc(OC)cc1C(F)(F)F. The lowest BCUT2D eigenvalue weighted by Crippen LogP contribution is -2.18. The molecule has 648 valence electrons. The van der Waals surface area contributed by atoms with Crippen molar-refractivity contribution in [3.8, 4) is 90.5 Å². The quantitative estimate of drug-likeness (QED) is 0.0206. The van der Waals surface area contributed by atoms with Crippen molar-refractivity contribution in [1.29, 1.82) is 0 Å². The summed E-state index contributed by atoms with van der Waals surface area (Å²) in [6.45, 7) is 27.8. The summed E-state index contributed by atoms with van der Waals surface area (Å²) >= 11 is 12.0. The zero-order chi connectivity index (χ0) is 87.4. The van der Waals surface area contributed by atoms with Gasteiger partial charge in [-0.2, -0.15) is 43.8 Å². The first kappa shape index (κ1) is 96.9. The summed E-state index contributed by atoms with van der Waals surface area (Å²) < 4.78 is 87.9. The van der Waals surface area contributed by atoms with Gasteiger partial charge in [-0.25, -0.2) is 8.78 Å². The van der Waals surface area contributed by atoms with Crippen molar-refractivity contribution in [2.24, 2.45) is 0 Å². The number of nitrogens with one attached hydrogen (secondary N) is 6. The first-order valence-electron chi connectivity index (χ1n) is 40.5. The summed E-state index contributed by atoms with van der Waals surface area (Å²) in [7, 11) is 18.8. The molecule has 22 nitrogen and oxygen atoms in total. The van der Waals surface area contributed by atoms with E-state index in [1.807, 2.05) is 93.2 Å². The molecule has 0 aliphatic rings. The van der Waals surface area contributed by atoms with Crippen LogP contribution in [0.2, 0.25) is 10.0 Å². The number of nitrogens with zero attached hydrogens (tertiary/aromatic N) is 12. The largest absolute Gasteiger partial charge is 0.497 e. The lowest BCUT2D eigenvalue weighted by atomic mass is 10.0. The van der Waals surface area contributed by atoms with Crippen LogP contribution in [0.4, 0.5) is 22.0 Å². The molecule has 0 saturated carbocycles. The number of aromatic nitrogens is 12. The van der Waals surface area contributed by atoms with Gasteiger partial charge in [0.25, 0.3) is 0 Å². The average molecular weight is 1700 g/mol. The van der Waals surface area contributed by atoms with Crippen LogP contribution in [0.5, 0.6) is 23.0 Å². The fraction of sp³-hybridized carbons (Fsp3) is 0.407. The second kappa shape index (κ2) is 49.5. The number of rotatable bonds is 34. The number of halogens is 7. The van der Waals surface area contributed by atoms with Crippen LogP contribution in [0.25, 0.3) is 67.5 Å². The van der Waals surface area contributed by atoms with Gasteiger partial charge in [0, 0.05) is 116 Å². The van der Waals surface area contributed by atoms with E-state index in [0.717, 1.165) is 201 Å². The van der Waals surface area contributed by atoms with Crippen LogP contribution in [0.15, 0.2) is 152 Å². The van der Waals surface area contributed by atoms with Crippen molar-refractivity contribution in [1.82, 2.24) is 90.6 Å². The van der Waals surface area contributed by atoms with Crippen molar-refractivity contribution in [2.75, 3.05) is 110 Å². The van der Waals surface area contributed by atoms with Gasteiger partial charge >= 0.3 is 6.18 Å². The Morgan fingerprint density at radius 1 is 0.333 bits per heavy atom. The average Bonchev–Trinajstić information content (AvgIpc) is 1.37. The maximum Gasteiger partial charge on any atom is 0.417 e. The number of aromatic amines is 6. The molecule has 0 fully saturated rings. The number of hydrogen-bond donors (Lipinski definition) is 6. The highest BCUT2D eigenvalue weighted by atomic mass is 35.5. The third-order valence-electron chi connectivity index (χ3n) is 19.6. The summed E-state index contributed by atoms with van der Waals surface area (Å²) in [6.07, 6.45) is 13.0. The minimum absolute atomic E-state index is 0.0794. The molecule has 0 aliphatic heterocycles. The van der Waals surface area contributed by atoms with Gasteiger partial charge in [0.1, 0.15) is 34.6 Å². The molecule has 0 radical (unpaired) electrons. The summed E-state index contributed by atoms with van der Waals surface area (Å²) in [5.41, 5.74) is 17.9. The minimum Gasteiger partial charge on any atom is -0.497 e. The number of aryl methyl sites for hydroxylation is 2. The molecule has 29 heteroatoms. The highest BCUT2D eigenvalue weighted by Gasteiger charge is 2.35. The van der Waals surface area contributed by atoms with Crippen LogP contribution < -0.4 is 18.9 Å². The molecule has 0 spiro atoms. The number of H-pyrrole nitrogens is 6. The lowest BCUT2D eigenvalue weighted by Gasteiger charge is -2.17. The highest BCUT2D eigenvalue weighted by Crippen LogP contribution is 2.41. The van der Waals surface area contributed by atoms with Crippen molar-refractivity contribution < 1.29 is 40.9 Å². The lowest BCUT2D eigenvalue weighted by molar-refractivity contribution is -0.137. The molecule has 0 amide bonds. The van der Waals surface area contributed by atoms with Gasteiger partial charge in [-0.3, -0.25) is 30.6 Å². The Hall–Kier alpha value is -10.2. The molecule has 0 atom stereocenters. The number of ether oxygens (including phenoxy) is 4. The van der Waals surface area contributed by atoms with Crippen LogP contribution in [0, 0.1) is 25.5 Å². The minimum atomic E-state index is -4.47. The first-order valence-corrected chi connectivity index (χ1v) is 41.3. The van der Waals surface area contributed by atoms with Crippen LogP contribution in [-0.4, -0.2) is 201 Å². The molecule has 0 saturated heterocycles. The van der Waals surface area contributed by atoms with E-state index in [0.29, 0.717) is 33.5 Å². The second-order valence-electron chi connectivity index (χ2n) is 29.8. The number of alkyl halides is 3. The van der Waals surface area contributed by atoms with E-state index in [1.54, 1.807) is 51.9 Å². The maximum atomic E-state index is 13.9. The molecule has 6 heterocycles. The van der Waals surface area contributed by atoms with E-state index < -0.39 is 11.7 Å². The van der Waals surface area contributed by atoms with Crippen molar-refractivity contribution in [3.63, 3.8) is 0 Å². The number of methoxy groups -OCH3 is 4. The Balaban J connectivity index is 0.000000199. The Labute approximate surface area is 714 Å². The Bertz CT molecular complexity index is 4980. The van der Waals surface area contributed by atoms with Crippen LogP contribution in [-0.2, 0) is 45.4 Å². The highest BCUT2D eigenvalue weighted by molar-refractivity contribution is 6.31. The normalized spacial score (nSPS) is 11.3. The van der Waals surface area contributed by atoms with E-state index in [9.17, 15) is 22.0 Å². The zero-order valence-electron chi connectivity index (χ0n) is 72.8. The molecule has 6 N–H and O–H groups in total. The van der Waals surface area contributed by atoms with Crippen LogP contribution in [0.1, 0.15) is 130 Å². The topological polar surface area (TPSA) is 228 Å². The molecule has 12 rings (SSSR count). The van der Waals surface area contributed by atoms with E-state index in [1.165, 1.54) is 53.6 Å². The van der Waals surface area contributed by atoms with Crippen LogP contribution in [0.3, 0.4) is 0 Å². The molecule has 12 aromatic rings. The van der Waals surface area contributed by atoms with Crippen molar-refractivity contribution in [2.45, 2.75) is 139 Å². The Kier molecular flexibility index (Phi) is 40.0. The molecular weight excluding hydrogens is 1580 g/mol.